The first-order valence-electron chi connectivity index (χ1n) is 7.49. The van der Waals surface area contributed by atoms with E-state index >= 15 is 0 Å². The van der Waals surface area contributed by atoms with Crippen molar-refractivity contribution in [2.75, 3.05) is 6.54 Å². The van der Waals surface area contributed by atoms with Crippen molar-refractivity contribution >= 4 is 11.3 Å². The van der Waals surface area contributed by atoms with E-state index < -0.39 is 0 Å². The smallest absolute Gasteiger partial charge is 0.0794 e. The summed E-state index contributed by atoms with van der Waals surface area (Å²) >= 11 is 1.79. The molecule has 1 aromatic heterocycles. The minimum absolute atomic E-state index is 0.650. The predicted octanol–water partition coefficient (Wildman–Crippen LogP) is 4.02. The highest BCUT2D eigenvalue weighted by molar-refractivity contribution is 7.09. The zero-order chi connectivity index (χ0) is 12.6. The Balaban J connectivity index is 1.74. The highest BCUT2D eigenvalue weighted by Crippen LogP contribution is 2.28. The molecule has 1 aromatic rings. The van der Waals surface area contributed by atoms with Crippen LogP contribution in [-0.4, -0.2) is 17.6 Å². The third-order valence-electron chi connectivity index (χ3n) is 4.07. The van der Waals surface area contributed by atoms with Gasteiger partial charge >= 0.3 is 0 Å². The summed E-state index contributed by atoms with van der Waals surface area (Å²) in [5.41, 5.74) is 1.94. The molecule has 0 radical (unpaired) electrons. The number of hydrogen-bond acceptors (Lipinski definition) is 3. The average Bonchev–Trinajstić information content (AvgIpc) is 2.90. The summed E-state index contributed by atoms with van der Waals surface area (Å²) in [6.07, 6.45) is 13.3. The molecular weight excluding hydrogens is 240 g/mol. The van der Waals surface area contributed by atoms with Gasteiger partial charge in [0.05, 0.1) is 5.51 Å². The van der Waals surface area contributed by atoms with E-state index in [2.05, 4.69) is 17.2 Å². The van der Waals surface area contributed by atoms with Crippen LogP contribution in [0.25, 0.3) is 0 Å². The van der Waals surface area contributed by atoms with E-state index in [-0.39, 0.29) is 0 Å². The van der Waals surface area contributed by atoms with E-state index in [0.29, 0.717) is 6.04 Å². The molecule has 0 aliphatic heterocycles. The summed E-state index contributed by atoms with van der Waals surface area (Å²) in [6.45, 7) is 3.29. The molecule has 1 fully saturated rings. The first-order valence-corrected chi connectivity index (χ1v) is 8.37. The van der Waals surface area contributed by atoms with E-state index in [1.807, 2.05) is 11.7 Å². The molecule has 0 spiro atoms. The highest BCUT2D eigenvalue weighted by Gasteiger charge is 2.16. The normalized spacial score (nSPS) is 18.9. The van der Waals surface area contributed by atoms with Crippen molar-refractivity contribution in [2.45, 2.75) is 64.3 Å². The van der Waals surface area contributed by atoms with Gasteiger partial charge in [-0.15, -0.1) is 11.3 Å². The van der Waals surface area contributed by atoms with Gasteiger partial charge in [0.15, 0.2) is 0 Å². The Bertz CT molecular complexity index is 304. The molecule has 1 saturated carbocycles. The summed E-state index contributed by atoms with van der Waals surface area (Å²) in [6, 6.07) is 0.650. The molecule has 1 atom stereocenters. The third-order valence-corrected chi connectivity index (χ3v) is 4.87. The van der Waals surface area contributed by atoms with Gasteiger partial charge in [-0.1, -0.05) is 39.0 Å². The molecule has 0 aromatic carbocycles. The molecular formula is C15H26N2S. The Morgan fingerprint density at radius 2 is 2.22 bits per heavy atom. The number of nitrogens with one attached hydrogen (secondary N) is 1. The Morgan fingerprint density at radius 3 is 2.89 bits per heavy atom. The highest BCUT2D eigenvalue weighted by atomic mass is 32.1. The maximum absolute atomic E-state index is 4.18. The number of nitrogens with zero attached hydrogens (tertiary/aromatic N) is 1. The van der Waals surface area contributed by atoms with Gasteiger partial charge in [0.1, 0.15) is 0 Å². The molecule has 1 unspecified atom stereocenters. The average molecular weight is 266 g/mol. The summed E-state index contributed by atoms with van der Waals surface area (Å²) in [5, 5.41) is 3.64. The molecule has 1 heterocycles. The Hall–Kier alpha value is -0.410. The number of aromatic nitrogens is 1. The molecule has 2 rings (SSSR count). The lowest BCUT2D eigenvalue weighted by atomic mass is 9.85. The predicted molar refractivity (Wildman–Crippen MR) is 79.1 cm³/mol. The molecule has 1 aliphatic rings. The Labute approximate surface area is 115 Å². The third kappa shape index (κ3) is 4.69. The van der Waals surface area contributed by atoms with Crippen molar-refractivity contribution in [3.8, 4) is 0 Å². The summed E-state index contributed by atoms with van der Waals surface area (Å²) in [5.74, 6) is 1.00. The van der Waals surface area contributed by atoms with Gasteiger partial charge in [-0.3, -0.25) is 4.98 Å². The van der Waals surface area contributed by atoms with Gasteiger partial charge < -0.3 is 5.32 Å². The molecule has 3 heteroatoms. The maximum atomic E-state index is 4.18. The largest absolute Gasteiger partial charge is 0.314 e. The monoisotopic (exact) mass is 266 g/mol. The van der Waals surface area contributed by atoms with Crippen LogP contribution in [0.5, 0.6) is 0 Å². The van der Waals surface area contributed by atoms with E-state index in [1.54, 1.807) is 11.3 Å². The van der Waals surface area contributed by atoms with Gasteiger partial charge in [-0.25, -0.2) is 0 Å². The summed E-state index contributed by atoms with van der Waals surface area (Å²) in [7, 11) is 0. The minimum Gasteiger partial charge on any atom is -0.314 e. The van der Waals surface area contributed by atoms with Gasteiger partial charge in [-0.2, -0.15) is 0 Å². The van der Waals surface area contributed by atoms with Crippen molar-refractivity contribution in [1.82, 2.24) is 10.3 Å². The molecule has 2 nitrogen and oxygen atoms in total. The van der Waals surface area contributed by atoms with E-state index in [1.165, 1.54) is 49.8 Å². The quantitative estimate of drug-likeness (QED) is 0.806. The van der Waals surface area contributed by atoms with E-state index in [9.17, 15) is 0 Å². The van der Waals surface area contributed by atoms with Crippen molar-refractivity contribution in [3.05, 3.63) is 16.6 Å². The van der Waals surface area contributed by atoms with Gasteiger partial charge in [0.2, 0.25) is 0 Å². The fourth-order valence-corrected chi connectivity index (χ4v) is 3.74. The Kier molecular flexibility index (Phi) is 6.15. The van der Waals surface area contributed by atoms with Crippen LogP contribution in [0.4, 0.5) is 0 Å². The van der Waals surface area contributed by atoms with Gasteiger partial charge in [0.25, 0.3) is 0 Å². The van der Waals surface area contributed by atoms with Crippen LogP contribution in [-0.2, 0) is 6.42 Å². The van der Waals surface area contributed by atoms with Crippen molar-refractivity contribution in [2.24, 2.45) is 5.92 Å². The summed E-state index contributed by atoms with van der Waals surface area (Å²) < 4.78 is 0. The fourth-order valence-electron chi connectivity index (χ4n) is 3.06. The molecule has 0 amide bonds. The lowest BCUT2D eigenvalue weighted by Gasteiger charge is -2.24. The summed E-state index contributed by atoms with van der Waals surface area (Å²) in [4.78, 5) is 5.60. The number of thiazole rings is 1. The molecule has 1 aliphatic carbocycles. The molecule has 0 saturated heterocycles. The molecule has 0 bridgehead atoms. The lowest BCUT2D eigenvalue weighted by molar-refractivity contribution is 0.313. The van der Waals surface area contributed by atoms with Crippen LogP contribution < -0.4 is 5.32 Å². The van der Waals surface area contributed by atoms with Crippen molar-refractivity contribution < 1.29 is 0 Å². The minimum atomic E-state index is 0.650. The first-order chi connectivity index (χ1) is 8.88. The van der Waals surface area contributed by atoms with Crippen LogP contribution in [0, 0.1) is 5.92 Å². The van der Waals surface area contributed by atoms with Crippen LogP contribution >= 0.6 is 11.3 Å². The number of hydrogen-bond donors (Lipinski definition) is 1. The van der Waals surface area contributed by atoms with E-state index in [4.69, 9.17) is 0 Å². The van der Waals surface area contributed by atoms with Gasteiger partial charge in [-0.05, 0) is 31.7 Å². The second kappa shape index (κ2) is 7.90. The van der Waals surface area contributed by atoms with Crippen LogP contribution in [0.15, 0.2) is 11.7 Å². The van der Waals surface area contributed by atoms with Gasteiger partial charge in [0, 0.05) is 17.1 Å². The fraction of sp³-hybridized carbons (Fsp3) is 0.800. The zero-order valence-electron chi connectivity index (χ0n) is 11.5. The SMILES string of the molecule is CCNC(CCC1CCCCC1)Cc1cncs1. The van der Waals surface area contributed by atoms with Crippen LogP contribution in [0.3, 0.4) is 0 Å². The number of rotatable bonds is 7. The van der Waals surface area contributed by atoms with Crippen LogP contribution in [0.1, 0.15) is 56.7 Å². The molecule has 18 heavy (non-hydrogen) atoms. The second-order valence-corrected chi connectivity index (χ2v) is 6.48. The van der Waals surface area contributed by atoms with Crippen molar-refractivity contribution in [3.63, 3.8) is 0 Å². The Morgan fingerprint density at radius 1 is 1.39 bits per heavy atom. The molecule has 1 N–H and O–H groups in total. The second-order valence-electron chi connectivity index (χ2n) is 5.51. The van der Waals surface area contributed by atoms with Crippen LogP contribution in [0.2, 0.25) is 0 Å². The lowest BCUT2D eigenvalue weighted by Crippen LogP contribution is -2.31. The standard InChI is InChI=1S/C15H26N2S/c1-2-17-14(10-15-11-16-12-18-15)9-8-13-6-4-3-5-7-13/h11-14,17H,2-10H2,1H3. The number of likely N-dealkylation sites (N-methyl/N-ethyl adjacent to an activating group) is 1. The van der Waals surface area contributed by atoms with Crippen molar-refractivity contribution in [1.29, 1.82) is 0 Å². The first kappa shape index (κ1) is 14.0. The maximum Gasteiger partial charge on any atom is 0.0794 e. The zero-order valence-corrected chi connectivity index (χ0v) is 12.3. The topological polar surface area (TPSA) is 24.9 Å². The van der Waals surface area contributed by atoms with E-state index in [0.717, 1.165) is 18.9 Å². The molecule has 102 valence electrons.